The van der Waals surface area contributed by atoms with Crippen LogP contribution < -0.4 is 5.73 Å². The van der Waals surface area contributed by atoms with Gasteiger partial charge in [-0.05, 0) is 141 Å². The summed E-state index contributed by atoms with van der Waals surface area (Å²) >= 11 is 0. The van der Waals surface area contributed by atoms with Crippen LogP contribution in [0.15, 0.2) is 194 Å². The van der Waals surface area contributed by atoms with Gasteiger partial charge in [0.15, 0.2) is 6.10 Å². The van der Waals surface area contributed by atoms with Gasteiger partial charge in [-0.25, -0.2) is 4.57 Å². The fourth-order valence-corrected chi connectivity index (χ4v) is 11.4. The van der Waals surface area contributed by atoms with Crippen LogP contribution in [0.4, 0.5) is 0 Å². The van der Waals surface area contributed by atoms with Crippen molar-refractivity contribution in [2.75, 3.05) is 26.4 Å². The van der Waals surface area contributed by atoms with Crippen LogP contribution in [-0.2, 0) is 32.7 Å². The van der Waals surface area contributed by atoms with Crippen LogP contribution in [0.5, 0.6) is 0 Å². The molecule has 0 aliphatic carbocycles. The Labute approximate surface area is 608 Å². The molecule has 0 aromatic heterocycles. The SMILES string of the molecule is CC/C=C\C/C=C\C/C=C\C/C=C\C/C=C\C/C=C\C/C=C\C/C=C\C/C=C\CCCCCCCCCCCCCC(=O)OC(COC(=O)CCCCCCCCCCCCCCCCCCC/C=C\C/C=C\C/C=C\C/C=C\C/C=C\C/C=C\C/C=C\CC)COP(=O)(O)OCCN. The summed E-state index contributed by atoms with van der Waals surface area (Å²) in [4.78, 5) is 35.5. The molecule has 0 saturated heterocycles. The Kier molecular flexibility index (Phi) is 77.6. The van der Waals surface area contributed by atoms with E-state index in [1.54, 1.807) is 0 Å². The minimum Gasteiger partial charge on any atom is -0.462 e. The Morgan fingerprint density at radius 1 is 0.303 bits per heavy atom. The maximum atomic E-state index is 12.8. The van der Waals surface area contributed by atoms with Gasteiger partial charge in [0.2, 0.25) is 0 Å². The first kappa shape index (κ1) is 93.8. The topological polar surface area (TPSA) is 134 Å². The van der Waals surface area contributed by atoms with Crippen LogP contribution in [0, 0.1) is 0 Å². The van der Waals surface area contributed by atoms with Crippen molar-refractivity contribution in [3.05, 3.63) is 194 Å². The Bertz CT molecular complexity index is 2340. The molecule has 0 radical (unpaired) electrons. The molecule has 0 aromatic rings. The normalized spacial score (nSPS) is 13.9. The zero-order valence-electron chi connectivity index (χ0n) is 63.2. The van der Waals surface area contributed by atoms with Crippen LogP contribution in [0.2, 0.25) is 0 Å². The van der Waals surface area contributed by atoms with Gasteiger partial charge in [-0.15, -0.1) is 0 Å². The van der Waals surface area contributed by atoms with Gasteiger partial charge in [0, 0.05) is 19.4 Å². The molecule has 2 unspecified atom stereocenters. The van der Waals surface area contributed by atoms with E-state index < -0.39 is 26.5 Å². The first-order valence-corrected chi connectivity index (χ1v) is 41.4. The predicted octanol–water partition coefficient (Wildman–Crippen LogP) is 27.2. The number of ether oxygens (including phenoxy) is 2. The molecule has 0 aromatic carbocycles. The summed E-state index contributed by atoms with van der Waals surface area (Å²) in [7, 11) is -4.41. The van der Waals surface area contributed by atoms with Crippen LogP contribution in [0.1, 0.15) is 322 Å². The van der Waals surface area contributed by atoms with E-state index in [9.17, 15) is 19.0 Å². The summed E-state index contributed by atoms with van der Waals surface area (Å²) in [6.45, 7) is 3.52. The molecule has 99 heavy (non-hydrogen) atoms. The molecule has 0 spiro atoms. The van der Waals surface area contributed by atoms with Crippen molar-refractivity contribution in [1.82, 2.24) is 0 Å². The maximum Gasteiger partial charge on any atom is 0.472 e. The van der Waals surface area contributed by atoms with Gasteiger partial charge in [-0.1, -0.05) is 362 Å². The van der Waals surface area contributed by atoms with Gasteiger partial charge in [0.25, 0.3) is 0 Å². The van der Waals surface area contributed by atoms with E-state index in [-0.39, 0.29) is 38.6 Å². The number of esters is 2. The second-order valence-electron chi connectivity index (χ2n) is 25.8. The number of carbonyl (C=O) groups excluding carboxylic acids is 2. The lowest BCUT2D eigenvalue weighted by Gasteiger charge is -2.19. The largest absolute Gasteiger partial charge is 0.472 e. The highest BCUT2D eigenvalue weighted by Gasteiger charge is 2.26. The maximum absolute atomic E-state index is 12.8. The second kappa shape index (κ2) is 81.8. The van der Waals surface area contributed by atoms with Crippen molar-refractivity contribution in [3.8, 4) is 0 Å². The molecule has 3 N–H and O–H groups in total. The van der Waals surface area contributed by atoms with E-state index in [0.717, 1.165) is 148 Å². The average molecular weight is 1390 g/mol. The first-order chi connectivity index (χ1) is 48.8. The number of phosphoric acid groups is 1. The molecular formula is C89H146NO8P. The summed E-state index contributed by atoms with van der Waals surface area (Å²) in [5.74, 6) is -0.832. The lowest BCUT2D eigenvalue weighted by molar-refractivity contribution is -0.161. The summed E-state index contributed by atoms with van der Waals surface area (Å²) in [6, 6.07) is 0. The third kappa shape index (κ3) is 81.7. The summed E-state index contributed by atoms with van der Waals surface area (Å²) in [6.07, 6.45) is 124. The van der Waals surface area contributed by atoms with Crippen LogP contribution >= 0.6 is 7.82 Å². The van der Waals surface area contributed by atoms with Crippen LogP contribution in [-0.4, -0.2) is 49.3 Å². The van der Waals surface area contributed by atoms with Gasteiger partial charge < -0.3 is 20.1 Å². The molecule has 560 valence electrons. The fraction of sp³-hybridized carbons (Fsp3) is 0.618. The number of hydrogen-bond donors (Lipinski definition) is 2. The number of unbranched alkanes of at least 4 members (excludes halogenated alkanes) is 28. The van der Waals surface area contributed by atoms with E-state index in [2.05, 4.69) is 208 Å². The molecular weight excluding hydrogens is 1240 g/mol. The number of hydrogen-bond acceptors (Lipinski definition) is 8. The Balaban J connectivity index is 3.89. The number of phosphoric ester groups is 1. The summed E-state index contributed by atoms with van der Waals surface area (Å²) in [5, 5.41) is 0. The summed E-state index contributed by atoms with van der Waals surface area (Å²) < 4.78 is 33.3. The van der Waals surface area contributed by atoms with Gasteiger partial charge in [0.1, 0.15) is 6.61 Å². The minimum atomic E-state index is -4.41. The Morgan fingerprint density at radius 3 is 0.778 bits per heavy atom. The molecule has 9 nitrogen and oxygen atoms in total. The van der Waals surface area contributed by atoms with Crippen molar-refractivity contribution in [2.24, 2.45) is 5.73 Å². The van der Waals surface area contributed by atoms with Crippen LogP contribution in [0.25, 0.3) is 0 Å². The van der Waals surface area contributed by atoms with E-state index >= 15 is 0 Å². The number of allylic oxidation sites excluding steroid dienone is 32. The fourth-order valence-electron chi connectivity index (χ4n) is 10.7. The van der Waals surface area contributed by atoms with E-state index in [0.29, 0.717) is 6.42 Å². The third-order valence-electron chi connectivity index (χ3n) is 16.5. The van der Waals surface area contributed by atoms with Crippen LogP contribution in [0.3, 0.4) is 0 Å². The highest BCUT2D eigenvalue weighted by Crippen LogP contribution is 2.43. The molecule has 0 rings (SSSR count). The predicted molar refractivity (Wildman–Crippen MR) is 431 cm³/mol. The van der Waals surface area contributed by atoms with Gasteiger partial charge in [-0.2, -0.15) is 0 Å². The zero-order chi connectivity index (χ0) is 71.5. The van der Waals surface area contributed by atoms with Gasteiger partial charge in [-0.3, -0.25) is 18.6 Å². The van der Waals surface area contributed by atoms with E-state index in [4.69, 9.17) is 24.3 Å². The number of carbonyl (C=O) groups is 2. The van der Waals surface area contributed by atoms with Crippen molar-refractivity contribution >= 4 is 19.8 Å². The average Bonchev–Trinajstić information content (AvgIpc) is 1.35. The monoisotopic (exact) mass is 1390 g/mol. The summed E-state index contributed by atoms with van der Waals surface area (Å²) in [5.41, 5.74) is 5.41. The molecule has 0 amide bonds. The molecule has 2 atom stereocenters. The zero-order valence-corrected chi connectivity index (χ0v) is 64.0. The standard InChI is InChI=1S/C89H146NO8P/c1-3-5-7-9-11-13-15-17-19-21-23-25-27-29-31-33-35-37-39-41-43-45-47-49-51-53-55-57-59-61-63-65-67-69-71-73-75-77-79-81-88(91)95-85-87(86-97-99(93,94)96-84-83-90)98-89(92)82-80-78-76-74-72-70-68-66-64-62-60-58-56-54-52-50-48-46-44-42-40-38-36-34-32-30-28-26-24-22-20-18-16-14-12-10-8-6-4-2/h5-8,11-14,17-20,23-26,29-32,35-38,41-44,48,50,54,56,87H,3-4,9-10,15-16,21-22,27-28,33-34,39-40,45-47,49,51-53,55,57-86,90H2,1-2H3,(H,93,94)/b7-5-,8-6-,13-11-,14-12-,19-17-,20-18-,25-23-,26-24-,31-29-,32-30-,37-35-,38-36-,43-41-,44-42-,50-48-,56-54-. The molecule has 0 heterocycles. The van der Waals surface area contributed by atoms with E-state index in [1.807, 2.05) is 0 Å². The smallest absolute Gasteiger partial charge is 0.462 e. The highest BCUT2D eigenvalue weighted by atomic mass is 31.2. The third-order valence-corrected chi connectivity index (χ3v) is 17.5. The number of rotatable bonds is 73. The molecule has 0 aliphatic rings. The van der Waals surface area contributed by atoms with Gasteiger partial charge in [0.05, 0.1) is 13.2 Å². The second-order valence-corrected chi connectivity index (χ2v) is 27.3. The molecule has 10 heteroatoms. The van der Waals surface area contributed by atoms with E-state index in [1.165, 1.54) is 141 Å². The quantitative estimate of drug-likeness (QED) is 0.0264. The van der Waals surface area contributed by atoms with Crippen molar-refractivity contribution in [3.63, 3.8) is 0 Å². The van der Waals surface area contributed by atoms with Crippen molar-refractivity contribution in [2.45, 2.75) is 328 Å². The lowest BCUT2D eigenvalue weighted by Crippen LogP contribution is -2.29. The highest BCUT2D eigenvalue weighted by molar-refractivity contribution is 7.47. The molecule has 0 fully saturated rings. The molecule has 0 bridgehead atoms. The Hall–Kier alpha value is -5.15. The lowest BCUT2D eigenvalue weighted by atomic mass is 10.0. The molecule has 0 saturated carbocycles. The first-order valence-electron chi connectivity index (χ1n) is 39.9. The molecule has 0 aliphatic heterocycles. The van der Waals surface area contributed by atoms with Gasteiger partial charge >= 0.3 is 19.8 Å². The minimum absolute atomic E-state index is 0.0459. The van der Waals surface area contributed by atoms with Crippen molar-refractivity contribution in [1.29, 1.82) is 0 Å². The number of nitrogens with two attached hydrogens (primary N) is 1. The van der Waals surface area contributed by atoms with Crippen molar-refractivity contribution < 1.29 is 37.6 Å². The Morgan fingerprint density at radius 2 is 0.525 bits per heavy atom.